The van der Waals surface area contributed by atoms with E-state index in [-0.39, 0.29) is 0 Å². The van der Waals surface area contributed by atoms with Crippen molar-refractivity contribution in [3.05, 3.63) is 231 Å². The van der Waals surface area contributed by atoms with Crippen LogP contribution >= 0.6 is 0 Å². The summed E-state index contributed by atoms with van der Waals surface area (Å²) in [5, 5.41) is 12.0. The third-order valence-electron chi connectivity index (χ3n) is 13.0. The molecule has 2 heterocycles. The third-order valence-corrected chi connectivity index (χ3v) is 13.0. The second kappa shape index (κ2) is 14.1. The molecule has 0 aliphatic heterocycles. The van der Waals surface area contributed by atoms with Gasteiger partial charge in [0.05, 0.1) is 27.8 Å². The average molecular weight is 803 g/mol. The first-order chi connectivity index (χ1) is 31.3. The largest absolute Gasteiger partial charge is 0.456 e. The Labute approximate surface area is 363 Å². The van der Waals surface area contributed by atoms with Crippen molar-refractivity contribution in [1.29, 1.82) is 0 Å². The standard InChI is InChI=1S/C60H38N2O/c1-2-15-39(16-3-1)52-38-44(35-36-45(52)41-31-33-43(34-32-41)61-53-24-11-8-19-47(53)48-20-9-12-25-54(48)61)62(55-26-14-28-58-60(55)51-23-10-13-27-57(51)63-58)56-37-42-30-29-40-17-4-5-18-46(40)59(42)50-22-7-6-21-49(50)56/h1-38H. The molecule has 0 amide bonds. The number of aromatic nitrogens is 1. The Hall–Kier alpha value is -8.40. The molecule has 0 fully saturated rings. The van der Waals surface area contributed by atoms with Crippen LogP contribution in [0.2, 0.25) is 0 Å². The lowest BCUT2D eigenvalue weighted by atomic mass is 9.92. The Kier molecular flexibility index (Phi) is 7.91. The molecular formula is C60H38N2O. The zero-order chi connectivity index (χ0) is 41.4. The Morgan fingerprint density at radius 2 is 0.937 bits per heavy atom. The van der Waals surface area contributed by atoms with Gasteiger partial charge in [0.25, 0.3) is 0 Å². The highest BCUT2D eigenvalue weighted by molar-refractivity contribution is 6.24. The van der Waals surface area contributed by atoms with E-state index in [1.807, 2.05) is 6.07 Å². The molecule has 294 valence electrons. The molecule has 0 spiro atoms. The summed E-state index contributed by atoms with van der Waals surface area (Å²) in [6.07, 6.45) is 0. The predicted molar refractivity (Wildman–Crippen MR) is 266 cm³/mol. The van der Waals surface area contributed by atoms with Crippen LogP contribution in [0.25, 0.3) is 104 Å². The van der Waals surface area contributed by atoms with Crippen LogP contribution < -0.4 is 4.90 Å². The van der Waals surface area contributed by atoms with Crippen molar-refractivity contribution in [3.63, 3.8) is 0 Å². The maximum atomic E-state index is 6.55. The van der Waals surface area contributed by atoms with Gasteiger partial charge in [0.2, 0.25) is 0 Å². The second-order valence-corrected chi connectivity index (χ2v) is 16.4. The van der Waals surface area contributed by atoms with E-state index in [9.17, 15) is 0 Å². The number of para-hydroxylation sites is 3. The first-order valence-electron chi connectivity index (χ1n) is 21.6. The van der Waals surface area contributed by atoms with Gasteiger partial charge in [-0.3, -0.25) is 0 Å². The van der Waals surface area contributed by atoms with E-state index >= 15 is 0 Å². The lowest BCUT2D eigenvalue weighted by molar-refractivity contribution is 0.669. The molecule has 13 aromatic rings. The molecule has 63 heavy (non-hydrogen) atoms. The van der Waals surface area contributed by atoms with Gasteiger partial charge in [-0.2, -0.15) is 0 Å². The summed E-state index contributed by atoms with van der Waals surface area (Å²) < 4.78 is 8.93. The fourth-order valence-corrected chi connectivity index (χ4v) is 10.2. The minimum absolute atomic E-state index is 0.859. The van der Waals surface area contributed by atoms with E-state index in [1.165, 1.54) is 59.7 Å². The molecule has 0 atom stereocenters. The first-order valence-corrected chi connectivity index (χ1v) is 21.6. The normalized spacial score (nSPS) is 11.8. The minimum Gasteiger partial charge on any atom is -0.456 e. The highest BCUT2D eigenvalue weighted by Gasteiger charge is 2.24. The van der Waals surface area contributed by atoms with Gasteiger partial charge in [-0.1, -0.05) is 170 Å². The first kappa shape index (κ1) is 35.4. The van der Waals surface area contributed by atoms with Crippen LogP contribution in [-0.4, -0.2) is 4.57 Å². The van der Waals surface area contributed by atoms with Crippen molar-refractivity contribution in [3.8, 4) is 27.9 Å². The number of nitrogens with zero attached hydrogens (tertiary/aromatic N) is 2. The van der Waals surface area contributed by atoms with Crippen LogP contribution in [0.5, 0.6) is 0 Å². The highest BCUT2D eigenvalue weighted by Crippen LogP contribution is 2.49. The maximum absolute atomic E-state index is 6.55. The molecule has 13 rings (SSSR count). The molecule has 0 N–H and O–H groups in total. The molecule has 0 bridgehead atoms. The van der Waals surface area contributed by atoms with Crippen LogP contribution in [-0.2, 0) is 0 Å². The van der Waals surface area contributed by atoms with Crippen molar-refractivity contribution < 1.29 is 4.42 Å². The van der Waals surface area contributed by atoms with Crippen molar-refractivity contribution in [2.75, 3.05) is 4.90 Å². The Bertz CT molecular complexity index is 3860. The van der Waals surface area contributed by atoms with Gasteiger partial charge in [-0.25, -0.2) is 0 Å². The zero-order valence-electron chi connectivity index (χ0n) is 34.2. The van der Waals surface area contributed by atoms with Crippen LogP contribution in [0.15, 0.2) is 235 Å². The van der Waals surface area contributed by atoms with E-state index in [0.717, 1.165) is 61.4 Å². The Balaban J connectivity index is 1.05. The van der Waals surface area contributed by atoms with Gasteiger partial charge < -0.3 is 13.9 Å². The molecule has 11 aromatic carbocycles. The van der Waals surface area contributed by atoms with Gasteiger partial charge in [0, 0.05) is 32.9 Å². The summed E-state index contributed by atoms with van der Waals surface area (Å²) in [4.78, 5) is 2.46. The van der Waals surface area contributed by atoms with Gasteiger partial charge in [-0.05, 0) is 110 Å². The average Bonchev–Trinajstić information content (AvgIpc) is 3.91. The molecular weight excluding hydrogens is 765 g/mol. The van der Waals surface area contributed by atoms with Crippen molar-refractivity contribution >= 4 is 93.1 Å². The summed E-state index contributed by atoms with van der Waals surface area (Å²) >= 11 is 0. The monoisotopic (exact) mass is 802 g/mol. The smallest absolute Gasteiger partial charge is 0.137 e. The van der Waals surface area contributed by atoms with E-state index < -0.39 is 0 Å². The Morgan fingerprint density at radius 3 is 1.71 bits per heavy atom. The number of furan rings is 1. The van der Waals surface area contributed by atoms with E-state index in [0.29, 0.717) is 0 Å². The summed E-state index contributed by atoms with van der Waals surface area (Å²) in [5.74, 6) is 0. The number of benzene rings is 11. The van der Waals surface area contributed by atoms with Crippen LogP contribution in [0.4, 0.5) is 17.1 Å². The molecule has 3 nitrogen and oxygen atoms in total. The fourth-order valence-electron chi connectivity index (χ4n) is 10.2. The molecule has 0 radical (unpaired) electrons. The third kappa shape index (κ3) is 5.53. The van der Waals surface area contributed by atoms with Crippen molar-refractivity contribution in [2.45, 2.75) is 0 Å². The number of rotatable bonds is 6. The molecule has 3 heteroatoms. The van der Waals surface area contributed by atoms with E-state index in [1.54, 1.807) is 0 Å². The Morgan fingerprint density at radius 1 is 0.333 bits per heavy atom. The molecule has 0 saturated heterocycles. The molecule has 0 unspecified atom stereocenters. The SMILES string of the molecule is c1ccc(-c2cc(N(c3cc4ccc5ccccc5c4c4ccccc34)c3cccc4oc5ccccc5c34)ccc2-c2ccc(-n3c4ccccc4c4ccccc43)cc2)cc1. The second-order valence-electron chi connectivity index (χ2n) is 16.4. The van der Waals surface area contributed by atoms with Crippen molar-refractivity contribution in [1.82, 2.24) is 4.57 Å². The molecule has 0 aliphatic carbocycles. The predicted octanol–water partition coefficient (Wildman–Crippen LogP) is 16.9. The quantitative estimate of drug-likeness (QED) is 0.156. The lowest BCUT2D eigenvalue weighted by Gasteiger charge is -2.29. The molecule has 2 aromatic heterocycles. The van der Waals surface area contributed by atoms with E-state index in [4.69, 9.17) is 4.42 Å². The fraction of sp³-hybridized carbons (Fsp3) is 0. The van der Waals surface area contributed by atoms with Gasteiger partial charge in [0.1, 0.15) is 11.2 Å². The molecule has 0 aliphatic rings. The molecule has 0 saturated carbocycles. The summed E-state index contributed by atoms with van der Waals surface area (Å²) in [6.45, 7) is 0. The minimum atomic E-state index is 0.859. The van der Waals surface area contributed by atoms with Gasteiger partial charge >= 0.3 is 0 Å². The van der Waals surface area contributed by atoms with Gasteiger partial charge in [-0.15, -0.1) is 0 Å². The highest BCUT2D eigenvalue weighted by atomic mass is 16.3. The summed E-state index contributed by atoms with van der Waals surface area (Å²) in [5.41, 5.74) is 13.1. The van der Waals surface area contributed by atoms with Crippen molar-refractivity contribution in [2.24, 2.45) is 0 Å². The summed E-state index contributed by atoms with van der Waals surface area (Å²) in [7, 11) is 0. The zero-order valence-corrected chi connectivity index (χ0v) is 34.2. The number of fused-ring (bicyclic) bond motifs is 11. The van der Waals surface area contributed by atoms with Crippen LogP contribution in [0.3, 0.4) is 0 Å². The number of anilines is 3. The lowest BCUT2D eigenvalue weighted by Crippen LogP contribution is -2.11. The van der Waals surface area contributed by atoms with Crippen LogP contribution in [0, 0.1) is 0 Å². The number of hydrogen-bond donors (Lipinski definition) is 0. The number of hydrogen-bond acceptors (Lipinski definition) is 2. The topological polar surface area (TPSA) is 21.3 Å². The summed E-state index contributed by atoms with van der Waals surface area (Å²) in [6, 6.07) is 83.6. The van der Waals surface area contributed by atoms with Crippen LogP contribution in [0.1, 0.15) is 0 Å². The van der Waals surface area contributed by atoms with E-state index in [2.05, 4.69) is 234 Å². The maximum Gasteiger partial charge on any atom is 0.137 e. The van der Waals surface area contributed by atoms with Gasteiger partial charge in [0.15, 0.2) is 0 Å².